The van der Waals surface area contributed by atoms with Crippen LogP contribution in [-0.2, 0) is 21.7 Å². The summed E-state index contributed by atoms with van der Waals surface area (Å²) in [6, 6.07) is 22.0. The summed E-state index contributed by atoms with van der Waals surface area (Å²) in [5.41, 5.74) is 6.92. The fraction of sp³-hybridized carbons (Fsp3) is 0.214. The van der Waals surface area contributed by atoms with Gasteiger partial charge in [0.2, 0.25) is 0 Å². The first-order chi connectivity index (χ1) is 16.0. The molecule has 2 heterocycles. The zero-order valence-corrected chi connectivity index (χ0v) is 18.7. The Morgan fingerprint density at radius 1 is 0.879 bits per heavy atom. The van der Waals surface area contributed by atoms with Gasteiger partial charge in [-0.2, -0.15) is 0 Å². The highest BCUT2D eigenvalue weighted by Gasteiger charge is 2.58. The minimum atomic E-state index is -1.24. The van der Waals surface area contributed by atoms with Gasteiger partial charge in [0.25, 0.3) is 5.91 Å². The van der Waals surface area contributed by atoms with Gasteiger partial charge in [0.05, 0.1) is 29.2 Å². The van der Waals surface area contributed by atoms with E-state index in [1.165, 1.54) is 0 Å². The monoisotopic (exact) mass is 435 g/mol. The van der Waals surface area contributed by atoms with Crippen molar-refractivity contribution in [1.82, 2.24) is 0 Å². The van der Waals surface area contributed by atoms with Gasteiger partial charge >= 0.3 is 0 Å². The highest BCUT2D eigenvalue weighted by molar-refractivity contribution is 6.19. The Bertz CT molecular complexity index is 1360. The van der Waals surface area contributed by atoms with Crippen molar-refractivity contribution in [3.8, 4) is 0 Å². The Labute approximate surface area is 193 Å². The minimum Gasteiger partial charge on any atom is -0.362 e. The van der Waals surface area contributed by atoms with Crippen LogP contribution in [0.2, 0.25) is 0 Å². The molecule has 1 spiro atoms. The van der Waals surface area contributed by atoms with Gasteiger partial charge in [0, 0.05) is 17.7 Å². The number of benzene rings is 3. The quantitative estimate of drug-likeness (QED) is 0.581. The summed E-state index contributed by atoms with van der Waals surface area (Å²) in [4.78, 5) is 29.5. The predicted molar refractivity (Wildman–Crippen MR) is 130 cm³/mol. The van der Waals surface area contributed by atoms with Gasteiger partial charge in [-0.3, -0.25) is 9.59 Å². The fourth-order valence-corrected chi connectivity index (χ4v) is 5.41. The number of nitrogens with zero attached hydrogens (tertiary/aromatic N) is 1. The molecule has 0 saturated carbocycles. The summed E-state index contributed by atoms with van der Waals surface area (Å²) in [6.07, 6.45) is 1.02. The zero-order chi connectivity index (χ0) is 22.7. The molecule has 1 unspecified atom stereocenters. The molecule has 1 aliphatic carbocycles. The van der Waals surface area contributed by atoms with E-state index in [0.29, 0.717) is 25.0 Å². The number of carbonyl (C=O) groups excluding carboxylic acids is 2. The molecule has 1 atom stereocenters. The lowest BCUT2D eigenvalue weighted by atomic mass is 9.81. The number of hydrogen-bond acceptors (Lipinski definition) is 4. The van der Waals surface area contributed by atoms with Gasteiger partial charge < -0.3 is 15.5 Å². The summed E-state index contributed by atoms with van der Waals surface area (Å²) in [5, 5.41) is 7.11. The summed E-state index contributed by atoms with van der Waals surface area (Å²) in [7, 11) is 0. The molecule has 164 valence electrons. The van der Waals surface area contributed by atoms with E-state index < -0.39 is 5.54 Å². The Kier molecular flexibility index (Phi) is 4.24. The number of fused-ring (bicyclic) bond motifs is 4. The maximum Gasteiger partial charge on any atom is 0.262 e. The molecule has 3 aromatic rings. The molecule has 2 N–H and O–H groups in total. The average molecular weight is 436 g/mol. The Morgan fingerprint density at radius 3 is 2.36 bits per heavy atom. The molecular weight excluding hydrogens is 410 g/mol. The third kappa shape index (κ3) is 2.78. The van der Waals surface area contributed by atoms with Crippen LogP contribution in [0.5, 0.6) is 0 Å². The molecular formula is C28H25N3O2. The number of hydrogen-bond donors (Lipinski definition) is 2. The van der Waals surface area contributed by atoms with E-state index in [0.717, 1.165) is 45.0 Å². The van der Waals surface area contributed by atoms with Gasteiger partial charge in [0.15, 0.2) is 11.3 Å². The first kappa shape index (κ1) is 19.8. The largest absolute Gasteiger partial charge is 0.362 e. The number of ketones is 1. The van der Waals surface area contributed by atoms with Crippen LogP contribution in [0.4, 0.5) is 17.1 Å². The van der Waals surface area contributed by atoms with E-state index in [-0.39, 0.29) is 11.7 Å². The summed E-state index contributed by atoms with van der Waals surface area (Å²) in [5.74, 6) is -0.0841. The van der Waals surface area contributed by atoms with Gasteiger partial charge in [-0.25, -0.2) is 0 Å². The second-order valence-electron chi connectivity index (χ2n) is 9.15. The normalized spacial score (nSPS) is 20.8. The lowest BCUT2D eigenvalue weighted by molar-refractivity contribution is -0.123. The number of allylic oxidation sites excluding steroid dienone is 1. The average Bonchev–Trinajstić information content (AvgIpc) is 3.23. The first-order valence-electron chi connectivity index (χ1n) is 11.4. The minimum absolute atomic E-state index is 0.0240. The molecule has 3 aliphatic rings. The van der Waals surface area contributed by atoms with Gasteiger partial charge in [-0.1, -0.05) is 48.5 Å². The van der Waals surface area contributed by atoms with Crippen LogP contribution in [-0.4, -0.2) is 11.7 Å². The summed E-state index contributed by atoms with van der Waals surface area (Å²) >= 11 is 0. The molecule has 5 nitrogen and oxygen atoms in total. The lowest BCUT2D eigenvalue weighted by Crippen LogP contribution is -2.48. The zero-order valence-electron chi connectivity index (χ0n) is 18.7. The number of aryl methyl sites for hydroxylation is 2. The van der Waals surface area contributed by atoms with Gasteiger partial charge in [-0.15, -0.1) is 0 Å². The van der Waals surface area contributed by atoms with Crippen LogP contribution >= 0.6 is 0 Å². The number of carbonyl (C=O) groups is 2. The number of nitrogens with one attached hydrogen (secondary N) is 2. The second-order valence-corrected chi connectivity index (χ2v) is 9.15. The standard InChI is InChI=1S/C28H25N3O2/c1-17-14-22-23(15-18(17)2)30-28(26-21(29-22)12-13-25(26)32)20-10-6-7-11-24(20)31(27(28)33)16-19-8-4-3-5-9-19/h3-11,14-15,29-30H,12-13,16H2,1-2H3. The molecule has 0 fully saturated rings. The molecule has 3 aromatic carbocycles. The molecule has 5 heteroatoms. The number of rotatable bonds is 2. The van der Waals surface area contributed by atoms with Crippen molar-refractivity contribution in [3.05, 3.63) is 100 Å². The molecule has 0 bridgehead atoms. The van der Waals surface area contributed by atoms with Gasteiger partial charge in [0.1, 0.15) is 0 Å². The van der Waals surface area contributed by atoms with Crippen molar-refractivity contribution in [2.45, 2.75) is 38.8 Å². The summed E-state index contributed by atoms with van der Waals surface area (Å²) in [6.45, 7) is 4.59. The van der Waals surface area contributed by atoms with Crippen LogP contribution in [0.25, 0.3) is 0 Å². The molecule has 0 aromatic heterocycles. The molecule has 0 saturated heterocycles. The lowest BCUT2D eigenvalue weighted by Gasteiger charge is -2.31. The van der Waals surface area contributed by atoms with Crippen LogP contribution in [0.15, 0.2) is 78.0 Å². The molecule has 6 rings (SSSR count). The SMILES string of the molecule is Cc1cc2c(cc1C)NC1(C(=O)N(Cc3ccccc3)c3ccccc31)C1=C(CCC1=O)N2. The van der Waals surface area contributed by atoms with E-state index >= 15 is 0 Å². The number of anilines is 3. The van der Waals surface area contributed by atoms with Crippen molar-refractivity contribution in [1.29, 1.82) is 0 Å². The Hall–Kier alpha value is -3.86. The predicted octanol–water partition coefficient (Wildman–Crippen LogP) is 5.20. The van der Waals surface area contributed by atoms with Crippen molar-refractivity contribution in [2.24, 2.45) is 0 Å². The number of amides is 1. The van der Waals surface area contributed by atoms with Crippen molar-refractivity contribution >= 4 is 28.8 Å². The number of Topliss-reactive ketones (excluding diaryl/α,β-unsaturated/α-hetero) is 1. The smallest absolute Gasteiger partial charge is 0.262 e. The van der Waals surface area contributed by atoms with E-state index in [9.17, 15) is 9.59 Å². The fourth-order valence-electron chi connectivity index (χ4n) is 5.41. The summed E-state index contributed by atoms with van der Waals surface area (Å²) < 4.78 is 0. The maximum absolute atomic E-state index is 14.4. The van der Waals surface area contributed by atoms with Gasteiger partial charge in [-0.05, 0) is 55.2 Å². The first-order valence-corrected chi connectivity index (χ1v) is 11.4. The molecule has 2 aliphatic heterocycles. The van der Waals surface area contributed by atoms with Crippen molar-refractivity contribution < 1.29 is 9.59 Å². The van der Waals surface area contributed by atoms with E-state index in [4.69, 9.17) is 0 Å². The third-order valence-corrected chi connectivity index (χ3v) is 7.15. The number of para-hydroxylation sites is 1. The highest BCUT2D eigenvalue weighted by atomic mass is 16.2. The van der Waals surface area contributed by atoms with Crippen LogP contribution in [0.3, 0.4) is 0 Å². The van der Waals surface area contributed by atoms with Crippen molar-refractivity contribution in [3.63, 3.8) is 0 Å². The highest BCUT2D eigenvalue weighted by Crippen LogP contribution is 2.52. The van der Waals surface area contributed by atoms with E-state index in [1.54, 1.807) is 0 Å². The topological polar surface area (TPSA) is 61.4 Å². The van der Waals surface area contributed by atoms with Crippen LogP contribution in [0, 0.1) is 13.8 Å². The Morgan fingerprint density at radius 2 is 1.58 bits per heavy atom. The molecule has 0 radical (unpaired) electrons. The van der Waals surface area contributed by atoms with Crippen LogP contribution < -0.4 is 15.5 Å². The Balaban J connectivity index is 1.59. The maximum atomic E-state index is 14.4. The molecule has 33 heavy (non-hydrogen) atoms. The van der Waals surface area contributed by atoms with Crippen LogP contribution in [0.1, 0.15) is 35.1 Å². The molecule has 1 amide bonds. The van der Waals surface area contributed by atoms with E-state index in [2.05, 4.69) is 36.6 Å². The second kappa shape index (κ2) is 7.07. The van der Waals surface area contributed by atoms with E-state index in [1.807, 2.05) is 59.5 Å². The third-order valence-electron chi connectivity index (χ3n) is 7.15. The van der Waals surface area contributed by atoms with Crippen molar-refractivity contribution in [2.75, 3.05) is 15.5 Å².